The molecule has 0 aliphatic rings. The fraction of sp³-hybridized carbons (Fsp3) is 0.667. The summed E-state index contributed by atoms with van der Waals surface area (Å²) in [6, 6.07) is 0. The number of allylic oxidation sites excluding steroid dienone is 1. The van der Waals surface area contributed by atoms with Crippen LogP contribution in [0.4, 0.5) is 0 Å². The van der Waals surface area contributed by atoms with E-state index in [0.717, 1.165) is 19.3 Å². The number of nitrogens with two attached hydrogens (primary N) is 1. The van der Waals surface area contributed by atoms with Gasteiger partial charge in [0.05, 0.1) is 12.3 Å². The summed E-state index contributed by atoms with van der Waals surface area (Å²) in [5.41, 5.74) is 0. The second-order valence-corrected chi connectivity index (χ2v) is 3.92. The molecule has 1 unspecified atom stereocenters. The van der Waals surface area contributed by atoms with Crippen molar-refractivity contribution in [2.75, 3.05) is 0 Å². The minimum atomic E-state index is -1.05. The Morgan fingerprint density at radius 2 is 2.00 bits per heavy atom. The molecular formula is C12H24AlNO4. The third kappa shape index (κ3) is 10.3. The first-order valence-corrected chi connectivity index (χ1v) is 5.90. The molecule has 5 nitrogen and oxygen atoms in total. The van der Waals surface area contributed by atoms with Crippen molar-refractivity contribution < 1.29 is 19.5 Å². The summed E-state index contributed by atoms with van der Waals surface area (Å²) in [6.07, 6.45) is 8.49. The van der Waals surface area contributed by atoms with E-state index in [2.05, 4.69) is 11.8 Å². The Balaban J connectivity index is 0. The Labute approximate surface area is 118 Å². The van der Waals surface area contributed by atoms with Crippen LogP contribution in [0.2, 0.25) is 0 Å². The van der Waals surface area contributed by atoms with E-state index in [0.29, 0.717) is 0 Å². The summed E-state index contributed by atoms with van der Waals surface area (Å²) < 4.78 is 0. The van der Waals surface area contributed by atoms with Gasteiger partial charge in [0, 0.05) is 0 Å². The second-order valence-electron chi connectivity index (χ2n) is 3.92. The molecule has 0 rings (SSSR count). The zero-order valence-corrected chi connectivity index (χ0v) is 10.2. The minimum Gasteiger partial charge on any atom is -0.481 e. The third-order valence-corrected chi connectivity index (χ3v) is 2.41. The maximum atomic E-state index is 11.2. The van der Waals surface area contributed by atoms with Crippen LogP contribution in [0.5, 0.6) is 0 Å². The van der Waals surface area contributed by atoms with Crippen molar-refractivity contribution in [2.45, 2.75) is 45.4 Å². The van der Waals surface area contributed by atoms with E-state index in [1.165, 1.54) is 12.8 Å². The number of rotatable bonds is 9. The second kappa shape index (κ2) is 12.6. The number of unbranched alkanes of at least 4 members (excludes halogenated alkanes) is 4. The lowest BCUT2D eigenvalue weighted by Gasteiger charge is -2.06. The molecule has 3 N–H and O–H groups in total. The molecule has 0 radical (unpaired) electrons. The maximum absolute atomic E-state index is 11.2. The lowest BCUT2D eigenvalue weighted by molar-refractivity contribution is -0.151. The fourth-order valence-corrected chi connectivity index (χ4v) is 1.45. The van der Waals surface area contributed by atoms with Crippen molar-refractivity contribution >= 4 is 29.3 Å². The Kier molecular flexibility index (Phi) is 13.7. The first kappa shape index (κ1) is 19.5. The van der Waals surface area contributed by atoms with Gasteiger partial charge >= 0.3 is 11.9 Å². The molecule has 0 spiro atoms. The molecule has 6 heteroatoms. The van der Waals surface area contributed by atoms with Gasteiger partial charge in [-0.25, -0.2) is 4.79 Å². The van der Waals surface area contributed by atoms with E-state index in [4.69, 9.17) is 11.0 Å². The standard InChI is InChI=1S/C12H21NO4.Al.3H/c1-2-3-4-5-6-7-8-10(9-11(14)15)12(16)17-13;;;;/h7-8,10H,2-6,9,13H2,1H3,(H,14,15);;;;/b8-7+;;;;. The highest BCUT2D eigenvalue weighted by Crippen LogP contribution is 2.09. The van der Waals surface area contributed by atoms with Gasteiger partial charge in [-0.1, -0.05) is 38.3 Å². The van der Waals surface area contributed by atoms with Gasteiger partial charge in [0.15, 0.2) is 17.4 Å². The zero-order chi connectivity index (χ0) is 13.1. The number of carboxylic acid groups (broad SMARTS) is 1. The summed E-state index contributed by atoms with van der Waals surface area (Å²) in [5.74, 6) is 2.20. The maximum Gasteiger partial charge on any atom is 0.331 e. The molecule has 0 aliphatic carbocycles. The summed E-state index contributed by atoms with van der Waals surface area (Å²) in [7, 11) is 0. The molecule has 1 atom stereocenters. The van der Waals surface area contributed by atoms with Gasteiger partial charge in [0.25, 0.3) is 0 Å². The van der Waals surface area contributed by atoms with Crippen LogP contribution in [0.3, 0.4) is 0 Å². The van der Waals surface area contributed by atoms with Crippen LogP contribution in [0.1, 0.15) is 45.4 Å². The van der Waals surface area contributed by atoms with E-state index in [1.807, 2.05) is 6.08 Å². The normalized spacial score (nSPS) is 11.9. The number of hydrogen-bond acceptors (Lipinski definition) is 4. The SMILES string of the molecule is CCCCCC/C=C/C(CC(=O)O)C(=O)ON.[AlH3]. The Hall–Kier alpha value is -0.828. The summed E-state index contributed by atoms with van der Waals surface area (Å²) >= 11 is 0. The van der Waals surface area contributed by atoms with E-state index < -0.39 is 17.9 Å². The Bertz CT molecular complexity index is 269. The molecule has 0 heterocycles. The monoisotopic (exact) mass is 273 g/mol. The average molecular weight is 273 g/mol. The summed E-state index contributed by atoms with van der Waals surface area (Å²) in [6.45, 7) is 2.13. The van der Waals surface area contributed by atoms with Gasteiger partial charge in [0.2, 0.25) is 0 Å². The lowest BCUT2D eigenvalue weighted by atomic mass is 10.0. The molecule has 0 saturated heterocycles. The number of carbonyl (C=O) groups excluding carboxylic acids is 1. The highest BCUT2D eigenvalue weighted by molar-refractivity contribution is 5.80. The molecule has 0 bridgehead atoms. The third-order valence-electron chi connectivity index (χ3n) is 2.41. The summed E-state index contributed by atoms with van der Waals surface area (Å²) in [4.78, 5) is 25.7. The van der Waals surface area contributed by atoms with Crippen molar-refractivity contribution in [1.82, 2.24) is 0 Å². The zero-order valence-electron chi connectivity index (χ0n) is 10.2. The van der Waals surface area contributed by atoms with Crippen LogP contribution >= 0.6 is 0 Å². The van der Waals surface area contributed by atoms with Gasteiger partial charge in [-0.3, -0.25) is 4.79 Å². The van der Waals surface area contributed by atoms with Crippen LogP contribution in [0, 0.1) is 5.92 Å². The predicted octanol–water partition coefficient (Wildman–Crippen LogP) is 0.837. The quantitative estimate of drug-likeness (QED) is 0.281. The van der Waals surface area contributed by atoms with E-state index in [1.54, 1.807) is 6.08 Å². The molecule has 0 aliphatic heterocycles. The average Bonchev–Trinajstić information content (AvgIpc) is 2.30. The first-order valence-electron chi connectivity index (χ1n) is 5.90. The smallest absolute Gasteiger partial charge is 0.331 e. The Morgan fingerprint density at radius 3 is 2.50 bits per heavy atom. The van der Waals surface area contributed by atoms with Gasteiger partial charge in [0.1, 0.15) is 0 Å². The van der Waals surface area contributed by atoms with Crippen LogP contribution in [0.15, 0.2) is 12.2 Å². The number of carbonyl (C=O) groups is 2. The molecule has 104 valence electrons. The van der Waals surface area contributed by atoms with Gasteiger partial charge in [-0.15, -0.1) is 0 Å². The van der Waals surface area contributed by atoms with Crippen molar-refractivity contribution in [3.63, 3.8) is 0 Å². The van der Waals surface area contributed by atoms with Crippen molar-refractivity contribution in [3.05, 3.63) is 12.2 Å². The van der Waals surface area contributed by atoms with Crippen LogP contribution in [-0.2, 0) is 14.4 Å². The topological polar surface area (TPSA) is 89.6 Å². The number of hydrogen-bond donors (Lipinski definition) is 2. The van der Waals surface area contributed by atoms with Crippen LogP contribution < -0.4 is 5.90 Å². The van der Waals surface area contributed by atoms with E-state index in [-0.39, 0.29) is 23.8 Å². The highest BCUT2D eigenvalue weighted by Gasteiger charge is 2.19. The first-order chi connectivity index (χ1) is 8.11. The van der Waals surface area contributed by atoms with E-state index >= 15 is 0 Å². The molecule has 18 heavy (non-hydrogen) atoms. The van der Waals surface area contributed by atoms with Crippen LogP contribution in [-0.4, -0.2) is 34.4 Å². The number of aliphatic carboxylic acids is 1. The van der Waals surface area contributed by atoms with Crippen molar-refractivity contribution in [3.8, 4) is 0 Å². The fourth-order valence-electron chi connectivity index (χ4n) is 1.45. The molecule has 0 aromatic carbocycles. The molecule has 0 saturated carbocycles. The van der Waals surface area contributed by atoms with Gasteiger partial charge < -0.3 is 9.94 Å². The Morgan fingerprint density at radius 1 is 1.33 bits per heavy atom. The lowest BCUT2D eigenvalue weighted by Crippen LogP contribution is -2.21. The molecule has 0 fully saturated rings. The minimum absolute atomic E-state index is 0. The number of carboxylic acids is 1. The molecule has 0 aromatic rings. The van der Waals surface area contributed by atoms with Crippen LogP contribution in [0.25, 0.3) is 0 Å². The molecular weight excluding hydrogens is 249 g/mol. The largest absolute Gasteiger partial charge is 0.481 e. The highest BCUT2D eigenvalue weighted by atomic mass is 27.0. The van der Waals surface area contributed by atoms with Crippen molar-refractivity contribution in [2.24, 2.45) is 11.8 Å². The molecule has 0 amide bonds. The predicted molar refractivity (Wildman–Crippen MR) is 73.9 cm³/mol. The summed E-state index contributed by atoms with van der Waals surface area (Å²) in [5, 5.41) is 8.62. The van der Waals surface area contributed by atoms with Gasteiger partial charge in [-0.05, 0) is 12.8 Å². The van der Waals surface area contributed by atoms with Crippen molar-refractivity contribution in [1.29, 1.82) is 0 Å². The van der Waals surface area contributed by atoms with E-state index in [9.17, 15) is 9.59 Å². The molecule has 0 aromatic heterocycles. The van der Waals surface area contributed by atoms with Gasteiger partial charge in [-0.2, -0.15) is 5.90 Å².